The molecule has 0 saturated carbocycles. The minimum Gasteiger partial charge on any atom is -0.326 e. The number of nitrogens with one attached hydrogen (secondary N) is 1. The van der Waals surface area contributed by atoms with Gasteiger partial charge in [-0.05, 0) is 17.7 Å². The Morgan fingerprint density at radius 1 is 1.43 bits per heavy atom. The number of benzene rings is 1. The number of sulfonamides is 1. The van der Waals surface area contributed by atoms with Crippen LogP contribution in [0.25, 0.3) is 0 Å². The molecule has 3 N–H and O–H groups in total. The fraction of sp³-hybridized carbons (Fsp3) is 0.500. The van der Waals surface area contributed by atoms with E-state index in [9.17, 15) is 12.8 Å². The average molecular weight is 371 g/mol. The molecule has 9 heteroatoms. The van der Waals surface area contributed by atoms with E-state index in [-0.39, 0.29) is 27.3 Å². The van der Waals surface area contributed by atoms with Crippen LogP contribution in [0.15, 0.2) is 17.0 Å². The van der Waals surface area contributed by atoms with Crippen LogP contribution in [-0.4, -0.2) is 37.5 Å². The normalized spacial score (nSPS) is 19.7. The van der Waals surface area contributed by atoms with Crippen molar-refractivity contribution in [1.82, 2.24) is 4.72 Å². The summed E-state index contributed by atoms with van der Waals surface area (Å²) >= 11 is 9.30. The number of hydrogen-bond donors (Lipinski definition) is 2. The fourth-order valence-electron chi connectivity index (χ4n) is 1.86. The van der Waals surface area contributed by atoms with Gasteiger partial charge in [-0.15, -0.1) is 0 Å². The van der Waals surface area contributed by atoms with Gasteiger partial charge in [-0.3, -0.25) is 0 Å². The maximum Gasteiger partial charge on any atom is 0.240 e. The molecular formula is C12H16ClFN2O2S3. The maximum atomic E-state index is 13.7. The van der Waals surface area contributed by atoms with E-state index in [1.807, 2.05) is 11.8 Å². The number of rotatable bonds is 5. The van der Waals surface area contributed by atoms with Gasteiger partial charge in [0, 0.05) is 35.6 Å². The second-order valence-electron chi connectivity index (χ2n) is 4.50. The number of thioether (sulfide) groups is 2. The lowest BCUT2D eigenvalue weighted by atomic mass is 10.2. The Balaban J connectivity index is 2.13. The van der Waals surface area contributed by atoms with Gasteiger partial charge in [0.25, 0.3) is 0 Å². The molecule has 21 heavy (non-hydrogen) atoms. The van der Waals surface area contributed by atoms with Crippen molar-refractivity contribution in [3.8, 4) is 0 Å². The Bertz CT molecular complexity index is 607. The summed E-state index contributed by atoms with van der Waals surface area (Å²) in [5.41, 5.74) is 5.73. The van der Waals surface area contributed by atoms with Gasteiger partial charge in [-0.2, -0.15) is 23.5 Å². The standard InChI is InChI=1S/C12H16ClFN2O2S3/c13-12-8(5-15)3-10(4-11(12)14)21(17,18)16-6-9-7-19-1-2-20-9/h3-4,9,16H,1-2,5-7,15H2. The Morgan fingerprint density at radius 3 is 2.81 bits per heavy atom. The van der Waals surface area contributed by atoms with E-state index in [1.54, 1.807) is 11.8 Å². The molecule has 1 aromatic carbocycles. The molecule has 1 heterocycles. The smallest absolute Gasteiger partial charge is 0.240 e. The number of halogens is 2. The van der Waals surface area contributed by atoms with Gasteiger partial charge in [0.2, 0.25) is 10.0 Å². The summed E-state index contributed by atoms with van der Waals surface area (Å²) in [7, 11) is -3.76. The first kappa shape index (κ1) is 17.4. The molecule has 0 amide bonds. The summed E-state index contributed by atoms with van der Waals surface area (Å²) in [5, 5.41) is 0.111. The van der Waals surface area contributed by atoms with Crippen molar-refractivity contribution in [3.05, 3.63) is 28.5 Å². The Labute approximate surface area is 137 Å². The molecule has 0 aromatic heterocycles. The summed E-state index contributed by atoms with van der Waals surface area (Å²) in [4.78, 5) is -0.140. The molecule has 1 atom stereocenters. The van der Waals surface area contributed by atoms with Crippen LogP contribution in [0.3, 0.4) is 0 Å². The Morgan fingerprint density at radius 2 is 2.19 bits per heavy atom. The summed E-state index contributed by atoms with van der Waals surface area (Å²) in [6.07, 6.45) is 0. The molecule has 1 aromatic rings. The minimum absolute atomic E-state index is 0.0196. The second kappa shape index (κ2) is 7.52. The first-order chi connectivity index (χ1) is 9.94. The van der Waals surface area contributed by atoms with Gasteiger partial charge >= 0.3 is 0 Å². The minimum atomic E-state index is -3.76. The van der Waals surface area contributed by atoms with Crippen molar-refractivity contribution in [2.24, 2.45) is 5.73 Å². The molecule has 4 nitrogen and oxygen atoms in total. The van der Waals surface area contributed by atoms with Crippen LogP contribution in [0.1, 0.15) is 5.56 Å². The van der Waals surface area contributed by atoms with E-state index in [4.69, 9.17) is 17.3 Å². The molecule has 0 bridgehead atoms. The van der Waals surface area contributed by atoms with Crippen molar-refractivity contribution in [3.63, 3.8) is 0 Å². The molecule has 0 spiro atoms. The highest BCUT2D eigenvalue weighted by Crippen LogP contribution is 2.26. The number of nitrogens with two attached hydrogens (primary N) is 1. The molecule has 1 saturated heterocycles. The molecule has 1 aliphatic rings. The first-order valence-corrected chi connectivity index (χ1v) is 10.4. The van der Waals surface area contributed by atoms with Crippen molar-refractivity contribution in [1.29, 1.82) is 0 Å². The summed E-state index contributed by atoms with van der Waals surface area (Å²) in [6.45, 7) is 0.316. The highest BCUT2D eigenvalue weighted by Gasteiger charge is 2.21. The van der Waals surface area contributed by atoms with Crippen molar-refractivity contribution in [2.75, 3.05) is 23.8 Å². The van der Waals surface area contributed by atoms with Gasteiger partial charge in [-0.25, -0.2) is 17.5 Å². The van der Waals surface area contributed by atoms with Gasteiger partial charge in [-0.1, -0.05) is 11.6 Å². The number of hydrogen-bond acceptors (Lipinski definition) is 5. The lowest BCUT2D eigenvalue weighted by Gasteiger charge is -2.21. The third-order valence-electron chi connectivity index (χ3n) is 2.99. The Kier molecular flexibility index (Phi) is 6.22. The summed E-state index contributed by atoms with van der Waals surface area (Å²) < 4.78 is 40.7. The predicted octanol–water partition coefficient (Wildman–Crippen LogP) is 2.06. The highest BCUT2D eigenvalue weighted by molar-refractivity contribution is 8.06. The van der Waals surface area contributed by atoms with E-state index in [0.29, 0.717) is 6.54 Å². The van der Waals surface area contributed by atoms with Crippen LogP contribution >= 0.6 is 35.1 Å². The van der Waals surface area contributed by atoms with Crippen molar-refractivity contribution in [2.45, 2.75) is 16.7 Å². The molecule has 0 radical (unpaired) electrons. The van der Waals surface area contributed by atoms with E-state index in [0.717, 1.165) is 23.3 Å². The van der Waals surface area contributed by atoms with Gasteiger partial charge < -0.3 is 5.73 Å². The molecule has 2 rings (SSSR count). The molecular weight excluding hydrogens is 355 g/mol. The van der Waals surface area contributed by atoms with Crippen LogP contribution in [-0.2, 0) is 16.6 Å². The first-order valence-electron chi connectivity index (χ1n) is 6.31. The molecule has 1 unspecified atom stereocenters. The zero-order valence-electron chi connectivity index (χ0n) is 11.1. The highest BCUT2D eigenvalue weighted by atomic mass is 35.5. The topological polar surface area (TPSA) is 72.2 Å². The van der Waals surface area contributed by atoms with Crippen LogP contribution < -0.4 is 10.5 Å². The lowest BCUT2D eigenvalue weighted by Crippen LogP contribution is -2.33. The van der Waals surface area contributed by atoms with Crippen LogP contribution in [0, 0.1) is 5.82 Å². The van der Waals surface area contributed by atoms with E-state index < -0.39 is 15.8 Å². The van der Waals surface area contributed by atoms with E-state index >= 15 is 0 Å². The SMILES string of the molecule is NCc1cc(S(=O)(=O)NCC2CSCCS2)cc(F)c1Cl. The van der Waals surface area contributed by atoms with Crippen molar-refractivity contribution < 1.29 is 12.8 Å². The van der Waals surface area contributed by atoms with Gasteiger partial charge in [0.15, 0.2) is 0 Å². The van der Waals surface area contributed by atoms with Crippen molar-refractivity contribution >= 4 is 45.1 Å². The molecule has 0 aliphatic carbocycles. The van der Waals surface area contributed by atoms with Gasteiger partial charge in [0.1, 0.15) is 5.82 Å². The summed E-state index contributed by atoms with van der Waals surface area (Å²) in [5.74, 6) is 2.25. The van der Waals surface area contributed by atoms with Crippen LogP contribution in [0.2, 0.25) is 5.02 Å². The quantitative estimate of drug-likeness (QED) is 0.830. The third-order valence-corrected chi connectivity index (χ3v) is 7.66. The lowest BCUT2D eigenvalue weighted by molar-refractivity contribution is 0.577. The molecule has 118 valence electrons. The summed E-state index contributed by atoms with van der Waals surface area (Å²) in [6, 6.07) is 2.24. The predicted molar refractivity (Wildman–Crippen MR) is 88.1 cm³/mol. The third kappa shape index (κ3) is 4.49. The zero-order valence-corrected chi connectivity index (χ0v) is 14.3. The molecule has 1 aliphatic heterocycles. The maximum absolute atomic E-state index is 13.7. The zero-order chi connectivity index (χ0) is 15.5. The monoisotopic (exact) mass is 370 g/mol. The van der Waals surface area contributed by atoms with E-state index in [1.165, 1.54) is 6.07 Å². The average Bonchev–Trinajstić information content (AvgIpc) is 2.49. The largest absolute Gasteiger partial charge is 0.326 e. The van der Waals surface area contributed by atoms with Gasteiger partial charge in [0.05, 0.1) is 9.92 Å². The van der Waals surface area contributed by atoms with Crippen LogP contribution in [0.4, 0.5) is 4.39 Å². The Hall–Kier alpha value is 0.01000. The van der Waals surface area contributed by atoms with Crippen LogP contribution in [0.5, 0.6) is 0 Å². The fourth-order valence-corrected chi connectivity index (χ4v) is 5.91. The van der Waals surface area contributed by atoms with E-state index in [2.05, 4.69) is 4.72 Å². The second-order valence-corrected chi connectivity index (χ2v) is 9.20. The molecule has 1 fully saturated rings.